The van der Waals surface area contributed by atoms with Crippen molar-refractivity contribution in [1.82, 2.24) is 16.0 Å². The number of guanidine groups is 1. The summed E-state index contributed by atoms with van der Waals surface area (Å²) in [7, 11) is 1.74. The summed E-state index contributed by atoms with van der Waals surface area (Å²) in [5.74, 6) is 0.785. The van der Waals surface area contributed by atoms with E-state index < -0.39 is 0 Å². The van der Waals surface area contributed by atoms with E-state index in [-0.39, 0.29) is 17.4 Å². The zero-order valence-electron chi connectivity index (χ0n) is 15.6. The van der Waals surface area contributed by atoms with Crippen molar-refractivity contribution in [2.24, 2.45) is 4.99 Å². The van der Waals surface area contributed by atoms with E-state index in [2.05, 4.69) is 66.0 Å². The third kappa shape index (κ3) is 7.02. The summed E-state index contributed by atoms with van der Waals surface area (Å²) in [5, 5.41) is 9.49. The molecule has 5 heteroatoms. The highest BCUT2D eigenvalue weighted by Crippen LogP contribution is 2.21. The Kier molecular flexibility index (Phi) is 8.30. The maximum Gasteiger partial charge on any atom is 0.221 e. The van der Waals surface area contributed by atoms with Crippen LogP contribution in [0.25, 0.3) is 0 Å². The average Bonchev–Trinajstić information content (AvgIpc) is 2.58. The molecule has 0 saturated carbocycles. The predicted molar refractivity (Wildman–Crippen MR) is 101 cm³/mol. The van der Waals surface area contributed by atoms with Crippen molar-refractivity contribution in [2.75, 3.05) is 20.1 Å². The molecule has 1 aromatic rings. The van der Waals surface area contributed by atoms with Crippen LogP contribution in [0.15, 0.2) is 35.3 Å². The van der Waals surface area contributed by atoms with Crippen molar-refractivity contribution in [3.63, 3.8) is 0 Å². The lowest BCUT2D eigenvalue weighted by atomic mass is 9.85. The van der Waals surface area contributed by atoms with Gasteiger partial charge in [-0.05, 0) is 18.9 Å². The van der Waals surface area contributed by atoms with E-state index in [0.29, 0.717) is 13.0 Å². The SMILES string of the molecule is CCC(C)NC(=O)CCNC(=NC)NCC(C)(C)c1ccccc1. The van der Waals surface area contributed by atoms with Crippen molar-refractivity contribution in [1.29, 1.82) is 0 Å². The minimum Gasteiger partial charge on any atom is -0.356 e. The molecular formula is C19H32N4O. The molecule has 1 unspecified atom stereocenters. The van der Waals surface area contributed by atoms with Crippen LogP contribution in [0.2, 0.25) is 0 Å². The Morgan fingerprint density at radius 1 is 1.21 bits per heavy atom. The summed E-state index contributed by atoms with van der Waals surface area (Å²) in [6.45, 7) is 9.79. The van der Waals surface area contributed by atoms with Gasteiger partial charge in [0.1, 0.15) is 0 Å². The van der Waals surface area contributed by atoms with Gasteiger partial charge in [0.25, 0.3) is 0 Å². The van der Waals surface area contributed by atoms with Crippen molar-refractivity contribution < 1.29 is 4.79 Å². The van der Waals surface area contributed by atoms with Gasteiger partial charge in [-0.1, -0.05) is 51.1 Å². The molecule has 1 rings (SSSR count). The van der Waals surface area contributed by atoms with Gasteiger partial charge < -0.3 is 16.0 Å². The highest BCUT2D eigenvalue weighted by atomic mass is 16.1. The monoisotopic (exact) mass is 332 g/mol. The summed E-state index contributed by atoms with van der Waals surface area (Å²) in [6.07, 6.45) is 1.38. The van der Waals surface area contributed by atoms with Crippen LogP contribution in [0.3, 0.4) is 0 Å². The first-order valence-electron chi connectivity index (χ1n) is 8.68. The molecule has 5 nitrogen and oxygen atoms in total. The molecule has 0 saturated heterocycles. The molecule has 0 bridgehead atoms. The fourth-order valence-corrected chi connectivity index (χ4v) is 2.26. The van der Waals surface area contributed by atoms with Gasteiger partial charge in [0.15, 0.2) is 5.96 Å². The molecule has 0 aliphatic heterocycles. The van der Waals surface area contributed by atoms with Crippen molar-refractivity contribution in [2.45, 2.75) is 52.0 Å². The molecule has 0 radical (unpaired) electrons. The van der Waals surface area contributed by atoms with Crippen molar-refractivity contribution in [3.8, 4) is 0 Å². The second kappa shape index (κ2) is 9.96. The van der Waals surface area contributed by atoms with E-state index >= 15 is 0 Å². The van der Waals surface area contributed by atoms with Gasteiger partial charge in [0, 0.05) is 38.0 Å². The number of nitrogens with one attached hydrogen (secondary N) is 3. The Morgan fingerprint density at radius 3 is 2.46 bits per heavy atom. The molecule has 0 spiro atoms. The normalized spacial score (nSPS) is 13.3. The van der Waals surface area contributed by atoms with Crippen LogP contribution in [0.1, 0.15) is 46.1 Å². The summed E-state index contributed by atoms with van der Waals surface area (Å²) in [6, 6.07) is 10.6. The Hall–Kier alpha value is -2.04. The van der Waals surface area contributed by atoms with Crippen molar-refractivity contribution in [3.05, 3.63) is 35.9 Å². The third-order valence-electron chi connectivity index (χ3n) is 4.14. The van der Waals surface area contributed by atoms with Crippen LogP contribution in [-0.2, 0) is 10.2 Å². The molecule has 3 N–H and O–H groups in total. The summed E-state index contributed by atoms with van der Waals surface area (Å²) >= 11 is 0. The van der Waals surface area contributed by atoms with Gasteiger partial charge >= 0.3 is 0 Å². The van der Waals surface area contributed by atoms with Crippen LogP contribution in [-0.4, -0.2) is 38.0 Å². The lowest BCUT2D eigenvalue weighted by Crippen LogP contribution is -2.44. The number of benzene rings is 1. The number of carbonyl (C=O) groups excluding carboxylic acids is 1. The Labute approximate surface area is 146 Å². The van der Waals surface area contributed by atoms with E-state index in [0.717, 1.165) is 18.9 Å². The second-order valence-electron chi connectivity index (χ2n) is 6.73. The molecule has 0 aliphatic carbocycles. The smallest absolute Gasteiger partial charge is 0.221 e. The van der Waals surface area contributed by atoms with Crippen LogP contribution in [0.5, 0.6) is 0 Å². The highest BCUT2D eigenvalue weighted by Gasteiger charge is 2.20. The third-order valence-corrected chi connectivity index (χ3v) is 4.14. The number of hydrogen-bond donors (Lipinski definition) is 3. The Bertz CT molecular complexity index is 525. The zero-order valence-corrected chi connectivity index (χ0v) is 15.6. The molecular weight excluding hydrogens is 300 g/mol. The standard InChI is InChI=1S/C19H32N4O/c1-6-15(2)23-17(24)12-13-21-18(20-5)22-14-19(3,4)16-10-8-7-9-11-16/h7-11,15H,6,12-14H2,1-5H3,(H,23,24)(H2,20,21,22). The van der Waals surface area contributed by atoms with Gasteiger partial charge in [-0.2, -0.15) is 0 Å². The van der Waals surface area contributed by atoms with Crippen LogP contribution in [0, 0.1) is 0 Å². The molecule has 0 aromatic heterocycles. The van der Waals surface area contributed by atoms with Crippen molar-refractivity contribution >= 4 is 11.9 Å². The van der Waals surface area contributed by atoms with Gasteiger partial charge in [-0.25, -0.2) is 0 Å². The number of aliphatic imine (C=N–C) groups is 1. The van der Waals surface area contributed by atoms with E-state index in [1.165, 1.54) is 5.56 Å². The summed E-state index contributed by atoms with van der Waals surface area (Å²) in [5.41, 5.74) is 1.27. The lowest BCUT2D eigenvalue weighted by Gasteiger charge is -2.26. The Morgan fingerprint density at radius 2 is 1.88 bits per heavy atom. The predicted octanol–water partition coefficient (Wildman–Crippen LogP) is 2.43. The first kappa shape index (κ1) is 20.0. The minimum atomic E-state index is -0.00713. The van der Waals surface area contributed by atoms with Gasteiger partial charge in [-0.15, -0.1) is 0 Å². The summed E-state index contributed by atoms with van der Waals surface area (Å²) < 4.78 is 0. The lowest BCUT2D eigenvalue weighted by molar-refractivity contribution is -0.121. The first-order valence-corrected chi connectivity index (χ1v) is 8.68. The minimum absolute atomic E-state index is 0.00713. The number of hydrogen-bond acceptors (Lipinski definition) is 2. The van der Waals surface area contributed by atoms with Crippen LogP contribution >= 0.6 is 0 Å². The van der Waals surface area contributed by atoms with E-state index in [1.807, 2.05) is 13.0 Å². The largest absolute Gasteiger partial charge is 0.356 e. The van der Waals surface area contributed by atoms with E-state index in [9.17, 15) is 4.79 Å². The number of carbonyl (C=O) groups is 1. The maximum absolute atomic E-state index is 11.8. The maximum atomic E-state index is 11.8. The molecule has 24 heavy (non-hydrogen) atoms. The number of amides is 1. The molecule has 1 atom stereocenters. The highest BCUT2D eigenvalue weighted by molar-refractivity contribution is 5.81. The average molecular weight is 332 g/mol. The summed E-state index contributed by atoms with van der Waals surface area (Å²) in [4.78, 5) is 16.0. The van der Waals surface area contributed by atoms with Gasteiger partial charge in [0.05, 0.1) is 0 Å². The van der Waals surface area contributed by atoms with Crippen LogP contribution in [0.4, 0.5) is 0 Å². The van der Waals surface area contributed by atoms with E-state index in [4.69, 9.17) is 0 Å². The fourth-order valence-electron chi connectivity index (χ4n) is 2.26. The molecule has 1 amide bonds. The van der Waals surface area contributed by atoms with E-state index in [1.54, 1.807) is 7.05 Å². The molecule has 134 valence electrons. The second-order valence-corrected chi connectivity index (χ2v) is 6.73. The van der Waals surface area contributed by atoms with Gasteiger partial charge in [-0.3, -0.25) is 9.79 Å². The number of nitrogens with zero attached hydrogens (tertiary/aromatic N) is 1. The van der Waals surface area contributed by atoms with Gasteiger partial charge in [0.2, 0.25) is 5.91 Å². The van der Waals surface area contributed by atoms with Crippen LogP contribution < -0.4 is 16.0 Å². The molecule has 0 fully saturated rings. The Balaban J connectivity index is 2.39. The first-order chi connectivity index (χ1) is 11.4. The topological polar surface area (TPSA) is 65.5 Å². The quantitative estimate of drug-likeness (QED) is 0.506. The number of rotatable bonds is 8. The molecule has 1 aromatic carbocycles. The zero-order chi connectivity index (χ0) is 18.0. The molecule has 0 heterocycles. The molecule has 0 aliphatic rings. The fraction of sp³-hybridized carbons (Fsp3) is 0.579.